The van der Waals surface area contributed by atoms with Gasteiger partial charge in [-0.3, -0.25) is 4.79 Å². The molecule has 2 rings (SSSR count). The van der Waals surface area contributed by atoms with Crippen molar-refractivity contribution in [2.24, 2.45) is 5.92 Å². The van der Waals surface area contributed by atoms with Crippen LogP contribution in [0, 0.1) is 5.92 Å². The molecule has 1 aliphatic rings. The Labute approximate surface area is 125 Å². The zero-order valence-electron chi connectivity index (χ0n) is 11.6. The average Bonchev–Trinajstić information content (AvgIpc) is 2.77. The van der Waals surface area contributed by atoms with E-state index in [1.165, 1.54) is 16.9 Å². The second-order valence-corrected chi connectivity index (χ2v) is 6.15. The molecule has 1 heterocycles. The summed E-state index contributed by atoms with van der Waals surface area (Å²) in [7, 11) is 0. The molecule has 0 bridgehead atoms. The van der Waals surface area contributed by atoms with E-state index in [0.717, 1.165) is 36.7 Å². The van der Waals surface area contributed by atoms with Gasteiger partial charge in [-0.2, -0.15) is 0 Å². The summed E-state index contributed by atoms with van der Waals surface area (Å²) in [6.07, 6.45) is 3.54. The number of amides is 1. The van der Waals surface area contributed by atoms with Crippen LogP contribution in [0.4, 0.5) is 0 Å². The number of hydrogen-bond acceptors (Lipinski definition) is 3. The maximum atomic E-state index is 12.0. The lowest BCUT2D eigenvalue weighted by molar-refractivity contribution is 0.0958. The summed E-state index contributed by atoms with van der Waals surface area (Å²) < 4.78 is 0. The summed E-state index contributed by atoms with van der Waals surface area (Å²) in [6, 6.07) is 2.10. The fourth-order valence-corrected chi connectivity index (χ4v) is 3.47. The monoisotopic (exact) mass is 302 g/mol. The highest BCUT2D eigenvalue weighted by Gasteiger charge is 2.20. The molecule has 0 radical (unpaired) electrons. The highest BCUT2D eigenvalue weighted by Crippen LogP contribution is 2.32. The fourth-order valence-electron chi connectivity index (χ4n) is 2.35. The lowest BCUT2D eigenvalue weighted by Gasteiger charge is -2.16. The van der Waals surface area contributed by atoms with Crippen LogP contribution in [0.25, 0.3) is 0 Å². The number of rotatable bonds is 5. The van der Waals surface area contributed by atoms with Crippen molar-refractivity contribution < 1.29 is 4.79 Å². The van der Waals surface area contributed by atoms with Crippen LogP contribution in [0.3, 0.4) is 0 Å². The van der Waals surface area contributed by atoms with Crippen molar-refractivity contribution in [3.63, 3.8) is 0 Å². The summed E-state index contributed by atoms with van der Waals surface area (Å²) in [5, 5.41) is 6.16. The average molecular weight is 303 g/mol. The van der Waals surface area contributed by atoms with E-state index in [0.29, 0.717) is 6.54 Å². The van der Waals surface area contributed by atoms with Crippen LogP contribution in [0.5, 0.6) is 0 Å². The van der Waals surface area contributed by atoms with Crippen LogP contribution in [0.2, 0.25) is 0 Å². The first-order valence-corrected chi connectivity index (χ1v) is 7.62. The number of nitrogens with one attached hydrogen (secondary N) is 2. The molecule has 0 spiro atoms. The molecule has 108 valence electrons. The number of carbonyl (C=O) groups is 1. The highest BCUT2D eigenvalue weighted by molar-refractivity contribution is 7.14. The number of fused-ring (bicyclic) bond motifs is 1. The van der Waals surface area contributed by atoms with E-state index in [1.807, 2.05) is 0 Å². The van der Waals surface area contributed by atoms with Gasteiger partial charge in [0.25, 0.3) is 5.91 Å². The molecular formula is C14H23ClN2OS. The molecule has 1 aliphatic carbocycles. The number of halogens is 1. The summed E-state index contributed by atoms with van der Waals surface area (Å²) >= 11 is 1.68. The van der Waals surface area contributed by atoms with Gasteiger partial charge < -0.3 is 10.6 Å². The Morgan fingerprint density at radius 1 is 1.47 bits per heavy atom. The van der Waals surface area contributed by atoms with Crippen molar-refractivity contribution in [1.29, 1.82) is 0 Å². The molecule has 1 aromatic heterocycles. The molecule has 0 fully saturated rings. The van der Waals surface area contributed by atoms with Crippen LogP contribution < -0.4 is 10.6 Å². The molecule has 1 amide bonds. The number of carbonyl (C=O) groups excluding carboxylic acids is 1. The van der Waals surface area contributed by atoms with Gasteiger partial charge in [0, 0.05) is 18.0 Å². The number of hydrogen-bond donors (Lipinski definition) is 2. The Morgan fingerprint density at radius 2 is 2.26 bits per heavy atom. The minimum atomic E-state index is 0. The highest BCUT2D eigenvalue weighted by atomic mass is 35.5. The molecule has 3 nitrogen and oxygen atoms in total. The number of thiophene rings is 1. The molecule has 0 aliphatic heterocycles. The molecule has 1 atom stereocenters. The van der Waals surface area contributed by atoms with Gasteiger partial charge in [0.2, 0.25) is 0 Å². The van der Waals surface area contributed by atoms with Gasteiger partial charge >= 0.3 is 0 Å². The van der Waals surface area contributed by atoms with E-state index in [9.17, 15) is 4.79 Å². The summed E-state index contributed by atoms with van der Waals surface area (Å²) in [4.78, 5) is 14.3. The Hall–Kier alpha value is -0.580. The van der Waals surface area contributed by atoms with Crippen molar-refractivity contribution in [2.75, 3.05) is 19.6 Å². The molecular weight excluding hydrogens is 280 g/mol. The summed E-state index contributed by atoms with van der Waals surface area (Å²) in [5.74, 6) is 0.844. The minimum absolute atomic E-state index is 0. The van der Waals surface area contributed by atoms with Crippen molar-refractivity contribution in [2.45, 2.75) is 33.1 Å². The van der Waals surface area contributed by atoms with Crippen molar-refractivity contribution in [3.8, 4) is 0 Å². The van der Waals surface area contributed by atoms with Gasteiger partial charge in [-0.1, -0.05) is 13.8 Å². The first-order valence-electron chi connectivity index (χ1n) is 6.81. The van der Waals surface area contributed by atoms with Crippen molar-refractivity contribution in [3.05, 3.63) is 21.4 Å². The predicted octanol–water partition coefficient (Wildman–Crippen LogP) is 2.63. The molecule has 5 heteroatoms. The second-order valence-electron chi connectivity index (χ2n) is 5.02. The third-order valence-corrected chi connectivity index (χ3v) is 4.63. The molecule has 0 saturated heterocycles. The molecule has 1 unspecified atom stereocenters. The van der Waals surface area contributed by atoms with E-state index in [4.69, 9.17) is 0 Å². The standard InChI is InChI=1S/C14H22N2OS.ClH/c1-3-15-6-7-16-14(17)13-9-11-8-10(2)4-5-12(11)18-13;/h9-10,15H,3-8H2,1-2H3,(H,16,17);1H. The normalized spacial score (nSPS) is 17.5. The maximum absolute atomic E-state index is 12.0. The van der Waals surface area contributed by atoms with Crippen molar-refractivity contribution in [1.82, 2.24) is 10.6 Å². The van der Waals surface area contributed by atoms with Crippen LogP contribution in [0.15, 0.2) is 6.07 Å². The zero-order chi connectivity index (χ0) is 13.0. The number of aryl methyl sites for hydroxylation is 1. The molecule has 1 aromatic rings. The Balaban J connectivity index is 0.00000180. The van der Waals surface area contributed by atoms with Crippen LogP contribution in [-0.2, 0) is 12.8 Å². The predicted molar refractivity (Wildman–Crippen MR) is 83.6 cm³/mol. The SMILES string of the molecule is CCNCCNC(=O)c1cc2c(s1)CCC(C)C2.Cl. The summed E-state index contributed by atoms with van der Waals surface area (Å²) in [5.41, 5.74) is 1.40. The third kappa shape index (κ3) is 4.48. The Kier molecular flexibility index (Phi) is 6.83. The van der Waals surface area contributed by atoms with Crippen LogP contribution in [-0.4, -0.2) is 25.5 Å². The topological polar surface area (TPSA) is 41.1 Å². The van der Waals surface area contributed by atoms with E-state index in [-0.39, 0.29) is 18.3 Å². The van der Waals surface area contributed by atoms with Crippen molar-refractivity contribution >= 4 is 29.7 Å². The maximum Gasteiger partial charge on any atom is 0.261 e. The molecule has 2 N–H and O–H groups in total. The van der Waals surface area contributed by atoms with Gasteiger partial charge in [-0.15, -0.1) is 23.7 Å². The Bertz CT molecular complexity index is 420. The third-order valence-electron chi connectivity index (χ3n) is 3.39. The number of likely N-dealkylation sites (N-methyl/N-ethyl adjacent to an activating group) is 1. The molecule has 0 aromatic carbocycles. The van der Waals surface area contributed by atoms with Crippen LogP contribution >= 0.6 is 23.7 Å². The smallest absolute Gasteiger partial charge is 0.261 e. The Morgan fingerprint density at radius 3 is 3.00 bits per heavy atom. The first-order chi connectivity index (χ1) is 8.70. The van der Waals surface area contributed by atoms with Gasteiger partial charge in [-0.25, -0.2) is 0 Å². The molecule has 19 heavy (non-hydrogen) atoms. The van der Waals surface area contributed by atoms with Gasteiger partial charge in [0.05, 0.1) is 4.88 Å². The van der Waals surface area contributed by atoms with E-state index >= 15 is 0 Å². The first kappa shape index (κ1) is 16.5. The van der Waals surface area contributed by atoms with E-state index < -0.39 is 0 Å². The van der Waals surface area contributed by atoms with Crippen LogP contribution in [0.1, 0.15) is 40.4 Å². The van der Waals surface area contributed by atoms with Gasteiger partial charge in [0.1, 0.15) is 0 Å². The minimum Gasteiger partial charge on any atom is -0.350 e. The molecule has 0 saturated carbocycles. The van der Waals surface area contributed by atoms with E-state index in [1.54, 1.807) is 11.3 Å². The summed E-state index contributed by atoms with van der Waals surface area (Å²) in [6.45, 7) is 6.84. The lowest BCUT2D eigenvalue weighted by Crippen LogP contribution is -2.31. The lowest BCUT2D eigenvalue weighted by atomic mass is 9.90. The second kappa shape index (κ2) is 7.88. The largest absolute Gasteiger partial charge is 0.350 e. The van der Waals surface area contributed by atoms with Gasteiger partial charge in [-0.05, 0) is 43.4 Å². The van der Waals surface area contributed by atoms with Gasteiger partial charge in [0.15, 0.2) is 0 Å². The quantitative estimate of drug-likeness (QED) is 0.821. The van der Waals surface area contributed by atoms with E-state index in [2.05, 4.69) is 30.5 Å². The zero-order valence-corrected chi connectivity index (χ0v) is 13.3. The fraction of sp³-hybridized carbons (Fsp3) is 0.643.